The number of ether oxygens (including phenoxy) is 1. The lowest BCUT2D eigenvalue weighted by Gasteiger charge is -2.10. The van der Waals surface area contributed by atoms with E-state index in [-0.39, 0.29) is 12.2 Å². The zero-order chi connectivity index (χ0) is 13.6. The Morgan fingerprint density at radius 3 is 2.39 bits per heavy atom. The summed E-state index contributed by atoms with van der Waals surface area (Å²) in [5.74, 6) is -1.18. The van der Waals surface area contributed by atoms with Crippen molar-refractivity contribution in [2.45, 2.75) is 19.2 Å². The number of alkyl halides is 3. The lowest BCUT2D eigenvalue weighted by atomic mass is 10.2. The van der Waals surface area contributed by atoms with Crippen molar-refractivity contribution in [2.24, 2.45) is 0 Å². The van der Waals surface area contributed by atoms with E-state index in [1.54, 1.807) is 0 Å². The third-order valence-electron chi connectivity index (χ3n) is 1.98. The first-order valence-electron chi connectivity index (χ1n) is 5.18. The van der Waals surface area contributed by atoms with Crippen LogP contribution in [0.1, 0.15) is 12.8 Å². The van der Waals surface area contributed by atoms with Crippen LogP contribution in [0, 0.1) is 0 Å². The third kappa shape index (κ3) is 5.97. The molecule has 0 aromatic heterocycles. The van der Waals surface area contributed by atoms with Gasteiger partial charge >= 0.3 is 12.3 Å². The molecule has 7 heteroatoms. The highest BCUT2D eigenvalue weighted by atomic mass is 19.4. The number of halogens is 3. The van der Waals surface area contributed by atoms with Gasteiger partial charge in [-0.2, -0.15) is 0 Å². The molecule has 0 unspecified atom stereocenters. The molecule has 4 nitrogen and oxygen atoms in total. The Bertz CT molecular complexity index is 390. The molecule has 0 fully saturated rings. The van der Waals surface area contributed by atoms with Gasteiger partial charge in [0.15, 0.2) is 0 Å². The lowest BCUT2D eigenvalue weighted by molar-refractivity contribution is -0.274. The molecule has 1 rings (SSSR count). The first kappa shape index (κ1) is 14.1. The van der Waals surface area contributed by atoms with Gasteiger partial charge in [-0.25, -0.2) is 0 Å². The molecule has 18 heavy (non-hydrogen) atoms. The molecular formula is C11H12F3NO3. The smallest absolute Gasteiger partial charge is 0.481 e. The zero-order valence-electron chi connectivity index (χ0n) is 9.33. The summed E-state index contributed by atoms with van der Waals surface area (Å²) < 4.78 is 39.3. The van der Waals surface area contributed by atoms with Gasteiger partial charge in [0.1, 0.15) is 5.75 Å². The van der Waals surface area contributed by atoms with Crippen LogP contribution in [0.3, 0.4) is 0 Å². The van der Waals surface area contributed by atoms with Gasteiger partial charge in [-0.1, -0.05) is 0 Å². The van der Waals surface area contributed by atoms with Crippen molar-refractivity contribution in [1.29, 1.82) is 0 Å². The van der Waals surface area contributed by atoms with Crippen molar-refractivity contribution >= 4 is 11.7 Å². The molecule has 0 bridgehead atoms. The number of carboxylic acids is 1. The molecule has 0 aliphatic rings. The third-order valence-corrected chi connectivity index (χ3v) is 1.98. The maximum atomic E-state index is 11.9. The van der Waals surface area contributed by atoms with Gasteiger partial charge in [-0.05, 0) is 30.7 Å². The van der Waals surface area contributed by atoms with Crippen LogP contribution in [-0.2, 0) is 4.79 Å². The summed E-state index contributed by atoms with van der Waals surface area (Å²) >= 11 is 0. The van der Waals surface area contributed by atoms with Crippen molar-refractivity contribution in [1.82, 2.24) is 0 Å². The number of hydrogen-bond acceptors (Lipinski definition) is 3. The molecule has 0 atom stereocenters. The Balaban J connectivity index is 2.38. The normalized spacial score (nSPS) is 11.1. The van der Waals surface area contributed by atoms with Gasteiger partial charge in [-0.15, -0.1) is 13.2 Å². The van der Waals surface area contributed by atoms with Crippen LogP contribution < -0.4 is 10.1 Å². The number of benzene rings is 1. The van der Waals surface area contributed by atoms with Crippen molar-refractivity contribution in [3.8, 4) is 5.75 Å². The maximum absolute atomic E-state index is 11.9. The summed E-state index contributed by atoms with van der Waals surface area (Å²) in [5, 5.41) is 11.3. The average molecular weight is 263 g/mol. The molecule has 2 N–H and O–H groups in total. The summed E-state index contributed by atoms with van der Waals surface area (Å²) in [7, 11) is 0. The monoisotopic (exact) mass is 263 g/mol. The Morgan fingerprint density at radius 2 is 1.89 bits per heavy atom. The molecule has 1 aromatic carbocycles. The van der Waals surface area contributed by atoms with Crippen molar-refractivity contribution in [2.75, 3.05) is 11.9 Å². The molecule has 0 spiro atoms. The Morgan fingerprint density at radius 1 is 1.28 bits per heavy atom. The van der Waals surface area contributed by atoms with Crippen LogP contribution in [0.5, 0.6) is 5.75 Å². The van der Waals surface area contributed by atoms with Crippen LogP contribution in [-0.4, -0.2) is 24.0 Å². The number of carbonyl (C=O) groups is 1. The Labute approximate surface area is 101 Å². The fraction of sp³-hybridized carbons (Fsp3) is 0.364. The standard InChI is InChI=1S/C11H12F3NO3/c12-11(13,14)18-9-5-3-8(4-6-9)15-7-1-2-10(16)17/h3-6,15H,1-2,7H2,(H,16,17). The van der Waals surface area contributed by atoms with Crippen molar-refractivity contribution in [3.63, 3.8) is 0 Å². The van der Waals surface area contributed by atoms with Gasteiger partial charge in [0.05, 0.1) is 0 Å². The minimum atomic E-state index is -4.70. The molecule has 1 aromatic rings. The summed E-state index contributed by atoms with van der Waals surface area (Å²) in [6.07, 6.45) is -4.21. The van der Waals surface area contributed by atoms with Gasteiger partial charge in [-0.3, -0.25) is 4.79 Å². The number of aliphatic carboxylic acids is 1. The number of hydrogen-bond donors (Lipinski definition) is 2. The van der Waals surface area contributed by atoms with E-state index in [1.807, 2.05) is 0 Å². The number of carboxylic acid groups (broad SMARTS) is 1. The second kappa shape index (κ2) is 6.13. The average Bonchev–Trinajstić information content (AvgIpc) is 2.24. The summed E-state index contributed by atoms with van der Waals surface area (Å²) in [4.78, 5) is 10.2. The fourth-order valence-corrected chi connectivity index (χ4v) is 1.25. The van der Waals surface area contributed by atoms with Crippen LogP contribution in [0.4, 0.5) is 18.9 Å². The Kier molecular flexibility index (Phi) is 4.82. The largest absolute Gasteiger partial charge is 0.573 e. The molecule has 0 heterocycles. The first-order chi connectivity index (χ1) is 8.37. The first-order valence-corrected chi connectivity index (χ1v) is 5.18. The second-order valence-corrected chi connectivity index (χ2v) is 3.50. The predicted octanol–water partition coefficient (Wildman–Crippen LogP) is 2.86. The minimum absolute atomic E-state index is 0.0439. The highest BCUT2D eigenvalue weighted by molar-refractivity contribution is 5.66. The molecule has 0 radical (unpaired) electrons. The molecule has 100 valence electrons. The van der Waals surface area contributed by atoms with Crippen LogP contribution in [0.25, 0.3) is 0 Å². The lowest BCUT2D eigenvalue weighted by Crippen LogP contribution is -2.17. The number of anilines is 1. The quantitative estimate of drug-likeness (QED) is 0.775. The maximum Gasteiger partial charge on any atom is 0.573 e. The van der Waals surface area contributed by atoms with Crippen LogP contribution in [0.15, 0.2) is 24.3 Å². The summed E-state index contributed by atoms with van der Waals surface area (Å²) in [6, 6.07) is 5.24. The SMILES string of the molecule is O=C(O)CCCNc1ccc(OC(F)(F)F)cc1. The van der Waals surface area contributed by atoms with E-state index < -0.39 is 12.3 Å². The zero-order valence-corrected chi connectivity index (χ0v) is 9.33. The van der Waals surface area contributed by atoms with Crippen molar-refractivity contribution < 1.29 is 27.8 Å². The van der Waals surface area contributed by atoms with E-state index in [0.29, 0.717) is 18.7 Å². The van der Waals surface area contributed by atoms with E-state index in [4.69, 9.17) is 5.11 Å². The predicted molar refractivity (Wildman–Crippen MR) is 58.5 cm³/mol. The van der Waals surface area contributed by atoms with E-state index in [1.165, 1.54) is 24.3 Å². The topological polar surface area (TPSA) is 58.6 Å². The summed E-state index contributed by atoms with van der Waals surface area (Å²) in [6.45, 7) is 0.436. The van der Waals surface area contributed by atoms with Crippen LogP contribution in [0.2, 0.25) is 0 Å². The van der Waals surface area contributed by atoms with Gasteiger partial charge in [0, 0.05) is 18.7 Å². The van der Waals surface area contributed by atoms with Gasteiger partial charge < -0.3 is 15.2 Å². The molecule has 0 saturated heterocycles. The molecule has 0 saturated carbocycles. The second-order valence-electron chi connectivity index (χ2n) is 3.50. The molecule has 0 amide bonds. The minimum Gasteiger partial charge on any atom is -0.481 e. The van der Waals surface area contributed by atoms with Gasteiger partial charge in [0.25, 0.3) is 0 Å². The van der Waals surface area contributed by atoms with Crippen LogP contribution >= 0.6 is 0 Å². The highest BCUT2D eigenvalue weighted by Gasteiger charge is 2.30. The Hall–Kier alpha value is -1.92. The molecule has 0 aliphatic heterocycles. The van der Waals surface area contributed by atoms with E-state index >= 15 is 0 Å². The van der Waals surface area contributed by atoms with Gasteiger partial charge in [0.2, 0.25) is 0 Å². The fourth-order valence-electron chi connectivity index (χ4n) is 1.25. The highest BCUT2D eigenvalue weighted by Crippen LogP contribution is 2.23. The van der Waals surface area contributed by atoms with E-state index in [0.717, 1.165) is 0 Å². The molecular weight excluding hydrogens is 251 g/mol. The van der Waals surface area contributed by atoms with E-state index in [2.05, 4.69) is 10.1 Å². The number of rotatable bonds is 6. The summed E-state index contributed by atoms with van der Waals surface area (Å²) in [5.41, 5.74) is 0.606. The van der Waals surface area contributed by atoms with E-state index in [9.17, 15) is 18.0 Å². The molecule has 0 aliphatic carbocycles. The number of nitrogens with one attached hydrogen (secondary N) is 1. The van der Waals surface area contributed by atoms with Crippen molar-refractivity contribution in [3.05, 3.63) is 24.3 Å².